The minimum absolute atomic E-state index is 0. The van der Waals surface area contributed by atoms with E-state index in [1.165, 1.54) is 0 Å². The molecule has 0 aliphatic heterocycles. The van der Waals surface area contributed by atoms with E-state index in [1.54, 1.807) is 0 Å². The Morgan fingerprint density at radius 3 is 1.21 bits per heavy atom. The third-order valence-electron chi connectivity index (χ3n) is 1.09. The van der Waals surface area contributed by atoms with E-state index in [9.17, 15) is 16.8 Å². The van der Waals surface area contributed by atoms with Crippen molar-refractivity contribution in [2.45, 2.75) is 17.3 Å². The molecule has 0 bridgehead atoms. The fraction of sp³-hybridized carbons (Fsp3) is 1.00. The van der Waals surface area contributed by atoms with Crippen molar-refractivity contribution in [2.75, 3.05) is 0 Å². The third kappa shape index (κ3) is 6.27. The van der Waals surface area contributed by atoms with Gasteiger partial charge in [-0.05, 0) is 0 Å². The molecule has 0 heterocycles. The number of rotatable bonds is 4. The molecule has 8 nitrogen and oxygen atoms in total. The molecule has 0 aliphatic rings. The molecule has 0 fully saturated rings. The summed E-state index contributed by atoms with van der Waals surface area (Å²) in [6.07, 6.45) is -1.22. The smallest absolute Gasteiger partial charge is 0.375 e. The van der Waals surface area contributed by atoms with E-state index in [0.717, 1.165) is 0 Å². The summed E-state index contributed by atoms with van der Waals surface area (Å²) in [6, 6.07) is 0. The van der Waals surface area contributed by atoms with Gasteiger partial charge in [0.1, 0.15) is 0 Å². The normalized spacial score (nSPS) is 16.9. The van der Waals surface area contributed by atoms with Crippen molar-refractivity contribution in [1.82, 2.24) is 0 Å². The van der Waals surface area contributed by atoms with Crippen LogP contribution in [0.15, 0.2) is 0 Å². The van der Waals surface area contributed by atoms with E-state index in [2.05, 4.69) is 0 Å². The predicted molar refractivity (Wildman–Crippen MR) is 39.7 cm³/mol. The number of aliphatic hydroxyl groups is 2. The van der Waals surface area contributed by atoms with E-state index in [-0.39, 0.29) is 29.6 Å². The van der Waals surface area contributed by atoms with Gasteiger partial charge in [-0.3, -0.25) is 9.11 Å². The maximum atomic E-state index is 10.1. The summed E-state index contributed by atoms with van der Waals surface area (Å²) in [5.74, 6) is 0. The first-order valence-corrected chi connectivity index (χ1v) is 5.84. The van der Waals surface area contributed by atoms with Crippen LogP contribution in [0.25, 0.3) is 0 Å². The Bertz CT molecular complexity index is 320. The third-order valence-corrected chi connectivity index (χ3v) is 2.85. The van der Waals surface area contributed by atoms with Crippen LogP contribution in [0.4, 0.5) is 0 Å². The molecular formula is C3H8NaO8S2+. The molecule has 0 aromatic heterocycles. The van der Waals surface area contributed by atoms with E-state index in [0.29, 0.717) is 0 Å². The molecule has 2 unspecified atom stereocenters. The van der Waals surface area contributed by atoms with Gasteiger partial charge in [0, 0.05) is 6.42 Å². The predicted octanol–water partition coefficient (Wildman–Crippen LogP) is -5.21. The Labute approximate surface area is 103 Å². The zero-order valence-corrected chi connectivity index (χ0v) is 10.7. The van der Waals surface area contributed by atoms with Crippen LogP contribution in [0.3, 0.4) is 0 Å². The van der Waals surface area contributed by atoms with Gasteiger partial charge in [-0.1, -0.05) is 0 Å². The average molecular weight is 259 g/mol. The molecule has 0 amide bonds. The largest absolute Gasteiger partial charge is 1.00 e. The molecule has 11 heteroatoms. The molecule has 0 spiro atoms. The molecule has 0 aromatic rings. The molecule has 4 N–H and O–H groups in total. The Morgan fingerprint density at radius 2 is 1.07 bits per heavy atom. The van der Waals surface area contributed by atoms with Crippen LogP contribution in [0.5, 0.6) is 0 Å². The van der Waals surface area contributed by atoms with Gasteiger partial charge in [0.2, 0.25) is 0 Å². The van der Waals surface area contributed by atoms with Gasteiger partial charge in [0.25, 0.3) is 20.2 Å². The first-order valence-electron chi connectivity index (χ1n) is 2.84. The van der Waals surface area contributed by atoms with Gasteiger partial charge in [0.05, 0.1) is 0 Å². The van der Waals surface area contributed by atoms with E-state index in [1.807, 2.05) is 0 Å². The fourth-order valence-corrected chi connectivity index (χ4v) is 1.39. The topological polar surface area (TPSA) is 149 Å². The van der Waals surface area contributed by atoms with Crippen molar-refractivity contribution in [3.05, 3.63) is 0 Å². The second-order valence-electron chi connectivity index (χ2n) is 2.17. The van der Waals surface area contributed by atoms with Gasteiger partial charge in [-0.15, -0.1) is 0 Å². The molecule has 0 aromatic carbocycles. The molecule has 0 aliphatic carbocycles. The molecule has 0 rings (SSSR count). The summed E-state index contributed by atoms with van der Waals surface area (Å²) in [4.78, 5) is 0. The Hall–Kier alpha value is 0.740. The van der Waals surface area contributed by atoms with Gasteiger partial charge >= 0.3 is 29.6 Å². The summed E-state index contributed by atoms with van der Waals surface area (Å²) >= 11 is 0. The van der Waals surface area contributed by atoms with Crippen LogP contribution < -0.4 is 29.6 Å². The van der Waals surface area contributed by atoms with Crippen LogP contribution in [0, 0.1) is 0 Å². The summed E-state index contributed by atoms with van der Waals surface area (Å²) in [5, 5.41) is 17.1. The molecule has 14 heavy (non-hydrogen) atoms. The maximum absolute atomic E-state index is 10.1. The Morgan fingerprint density at radius 1 is 0.857 bits per heavy atom. The molecule has 0 saturated carbocycles. The van der Waals surface area contributed by atoms with Gasteiger partial charge in [0.15, 0.2) is 10.9 Å². The van der Waals surface area contributed by atoms with Crippen molar-refractivity contribution < 1.29 is 65.7 Å². The summed E-state index contributed by atoms with van der Waals surface area (Å²) in [7, 11) is -9.68. The van der Waals surface area contributed by atoms with Crippen LogP contribution in [-0.2, 0) is 20.2 Å². The van der Waals surface area contributed by atoms with Gasteiger partial charge in [-0.25, -0.2) is 0 Å². The summed E-state index contributed by atoms with van der Waals surface area (Å²) in [6.45, 7) is 0. The zero-order valence-electron chi connectivity index (χ0n) is 7.10. The summed E-state index contributed by atoms with van der Waals surface area (Å²) < 4.78 is 56.7. The average Bonchev–Trinajstić information content (AvgIpc) is 1.82. The second kappa shape index (κ2) is 5.72. The summed E-state index contributed by atoms with van der Waals surface area (Å²) in [5.41, 5.74) is -4.91. The maximum Gasteiger partial charge on any atom is 1.00 e. The molecule has 80 valence electrons. The molecular weight excluding hydrogens is 251 g/mol. The number of hydrogen-bond donors (Lipinski definition) is 4. The fourth-order valence-electron chi connectivity index (χ4n) is 0.416. The van der Waals surface area contributed by atoms with E-state index < -0.39 is 37.5 Å². The van der Waals surface area contributed by atoms with E-state index >= 15 is 0 Å². The Kier molecular flexibility index (Phi) is 7.01. The quantitative estimate of drug-likeness (QED) is 0.289. The minimum Gasteiger partial charge on any atom is -0.375 e. The van der Waals surface area contributed by atoms with Crippen molar-refractivity contribution in [2.24, 2.45) is 0 Å². The van der Waals surface area contributed by atoms with Crippen LogP contribution in [0.1, 0.15) is 6.42 Å². The van der Waals surface area contributed by atoms with Gasteiger partial charge < -0.3 is 10.2 Å². The monoisotopic (exact) mass is 259 g/mol. The zero-order chi connectivity index (χ0) is 10.9. The minimum atomic E-state index is -4.84. The molecule has 0 saturated heterocycles. The standard InChI is InChI=1S/C3H8O8S2.Na/c4-2(12(6,7)8)1-3(5)13(9,10)11;/h2-5H,1H2,(H,6,7,8)(H,9,10,11);/q;+1. The van der Waals surface area contributed by atoms with Gasteiger partial charge in [-0.2, -0.15) is 16.8 Å². The van der Waals surface area contributed by atoms with Crippen LogP contribution >= 0.6 is 0 Å². The van der Waals surface area contributed by atoms with E-state index in [4.69, 9.17) is 19.3 Å². The van der Waals surface area contributed by atoms with Crippen LogP contribution in [-0.4, -0.2) is 47.0 Å². The van der Waals surface area contributed by atoms with Crippen molar-refractivity contribution in [3.63, 3.8) is 0 Å². The Balaban J connectivity index is 0. The first kappa shape index (κ1) is 17.1. The van der Waals surface area contributed by atoms with Crippen molar-refractivity contribution >= 4 is 20.2 Å². The second-order valence-corrected chi connectivity index (χ2v) is 5.32. The van der Waals surface area contributed by atoms with Crippen LogP contribution in [0.2, 0.25) is 0 Å². The SMILES string of the molecule is O=S(=O)(O)C(O)CC(O)S(=O)(=O)O.[Na+]. The number of hydrogen-bond acceptors (Lipinski definition) is 6. The van der Waals surface area contributed by atoms with Crippen molar-refractivity contribution in [1.29, 1.82) is 0 Å². The number of aliphatic hydroxyl groups excluding tert-OH is 2. The first-order chi connectivity index (χ1) is 5.55. The van der Waals surface area contributed by atoms with Crippen molar-refractivity contribution in [3.8, 4) is 0 Å². The molecule has 0 radical (unpaired) electrons. The molecule has 2 atom stereocenters.